The van der Waals surface area contributed by atoms with E-state index in [0.29, 0.717) is 43.6 Å². The van der Waals surface area contributed by atoms with E-state index in [1.807, 2.05) is 67.6 Å². The van der Waals surface area contributed by atoms with E-state index in [1.165, 1.54) is 0 Å². The standard InChI is InChI=1S/C32H38N4O4.CH2O2/c1-2-33-24-16-23(17-25(19-24)36-14-8-13-30(36)39)32(40)35-27(15-21-9-4-3-5-10-21)29(38)20-34-31-26-12-7-6-11-22(26)18-28(31)37;2-1-3/h3-7,9-12,16-17,19,27-29,31,33-34,37-38H,2,8,13-15,18,20H2,1H3,(H,35,40);1H,(H,2,3)/t27-,28+,29+,31-;/m0./s1. The zero-order valence-electron chi connectivity index (χ0n) is 24.3. The Hall–Kier alpha value is -4.25. The Morgan fingerprint density at radius 2 is 1.81 bits per heavy atom. The number of carbonyl (C=O) groups excluding carboxylic acids is 2. The van der Waals surface area contributed by atoms with E-state index in [9.17, 15) is 19.8 Å². The Bertz CT molecular complexity index is 1380. The minimum Gasteiger partial charge on any atom is -0.483 e. The molecule has 43 heavy (non-hydrogen) atoms. The molecule has 0 saturated carbocycles. The van der Waals surface area contributed by atoms with Gasteiger partial charge in [-0.15, -0.1) is 0 Å². The van der Waals surface area contributed by atoms with Crippen LogP contribution in [0.3, 0.4) is 0 Å². The quantitative estimate of drug-likeness (QED) is 0.187. The normalized spacial score (nSPS) is 18.7. The zero-order valence-corrected chi connectivity index (χ0v) is 24.3. The number of carbonyl (C=O) groups is 3. The molecule has 10 nitrogen and oxygen atoms in total. The molecule has 0 radical (unpaired) electrons. The summed E-state index contributed by atoms with van der Waals surface area (Å²) in [6.45, 7) is 3.23. The molecule has 1 heterocycles. The van der Waals surface area contributed by atoms with Gasteiger partial charge in [0.1, 0.15) is 0 Å². The Balaban J connectivity index is 0.00000135. The number of hydrogen-bond acceptors (Lipinski definition) is 7. The summed E-state index contributed by atoms with van der Waals surface area (Å²) in [5.41, 5.74) is 5.01. The van der Waals surface area contributed by atoms with Crippen LogP contribution in [-0.4, -0.2) is 71.5 Å². The lowest BCUT2D eigenvalue weighted by molar-refractivity contribution is -0.123. The van der Waals surface area contributed by atoms with Gasteiger partial charge in [0.05, 0.1) is 24.3 Å². The molecule has 2 amide bonds. The number of nitrogens with zero attached hydrogens (tertiary/aromatic N) is 1. The van der Waals surface area contributed by atoms with E-state index < -0.39 is 18.2 Å². The molecule has 0 spiro atoms. The lowest BCUT2D eigenvalue weighted by Crippen LogP contribution is -2.49. The number of anilines is 2. The predicted octanol–water partition coefficient (Wildman–Crippen LogP) is 2.90. The van der Waals surface area contributed by atoms with Crippen LogP contribution in [0, 0.1) is 0 Å². The first-order valence-corrected chi connectivity index (χ1v) is 14.6. The van der Waals surface area contributed by atoms with Crippen molar-refractivity contribution in [1.29, 1.82) is 0 Å². The van der Waals surface area contributed by atoms with Gasteiger partial charge in [-0.05, 0) is 54.7 Å². The van der Waals surface area contributed by atoms with Crippen molar-refractivity contribution in [1.82, 2.24) is 10.6 Å². The maximum Gasteiger partial charge on any atom is 0.290 e. The third-order valence-electron chi connectivity index (χ3n) is 7.78. The van der Waals surface area contributed by atoms with E-state index in [0.717, 1.165) is 28.8 Å². The van der Waals surface area contributed by atoms with Crippen molar-refractivity contribution in [2.45, 2.75) is 56.9 Å². The third kappa shape index (κ3) is 8.19. The van der Waals surface area contributed by atoms with Crippen molar-refractivity contribution in [3.05, 3.63) is 95.1 Å². The molecule has 3 aromatic rings. The second-order valence-corrected chi connectivity index (χ2v) is 10.7. The first-order valence-electron chi connectivity index (χ1n) is 14.6. The Morgan fingerprint density at radius 3 is 2.51 bits per heavy atom. The van der Waals surface area contributed by atoms with Gasteiger partial charge in [-0.2, -0.15) is 0 Å². The number of fused-ring (bicyclic) bond motifs is 1. The van der Waals surface area contributed by atoms with E-state index in [2.05, 4.69) is 16.0 Å². The Morgan fingerprint density at radius 1 is 1.09 bits per heavy atom. The number of hydrogen-bond donors (Lipinski definition) is 6. The molecule has 3 aromatic carbocycles. The molecule has 6 N–H and O–H groups in total. The molecule has 228 valence electrons. The number of benzene rings is 3. The van der Waals surface area contributed by atoms with Gasteiger partial charge in [0.15, 0.2) is 0 Å². The molecule has 1 aliphatic carbocycles. The summed E-state index contributed by atoms with van der Waals surface area (Å²) < 4.78 is 0. The number of aliphatic hydroxyl groups excluding tert-OH is 2. The van der Waals surface area contributed by atoms with Gasteiger partial charge >= 0.3 is 0 Å². The first-order chi connectivity index (χ1) is 20.8. The number of aliphatic hydroxyl groups is 2. The van der Waals surface area contributed by atoms with Gasteiger partial charge in [0, 0.05) is 49.4 Å². The summed E-state index contributed by atoms with van der Waals surface area (Å²) in [5.74, 6) is -0.266. The van der Waals surface area contributed by atoms with Gasteiger partial charge < -0.3 is 36.2 Å². The van der Waals surface area contributed by atoms with Crippen LogP contribution in [0.4, 0.5) is 11.4 Å². The van der Waals surface area contributed by atoms with Crippen molar-refractivity contribution < 1.29 is 29.7 Å². The number of rotatable bonds is 11. The summed E-state index contributed by atoms with van der Waals surface area (Å²) in [6, 6.07) is 22.2. The molecular weight excluding hydrogens is 548 g/mol. The van der Waals surface area contributed by atoms with Crippen molar-refractivity contribution in [3.63, 3.8) is 0 Å². The van der Waals surface area contributed by atoms with Crippen LogP contribution in [0.2, 0.25) is 0 Å². The number of carboxylic acid groups (broad SMARTS) is 1. The van der Waals surface area contributed by atoms with Crippen LogP contribution in [0.5, 0.6) is 0 Å². The molecule has 2 aliphatic rings. The van der Waals surface area contributed by atoms with Gasteiger partial charge in [0.2, 0.25) is 5.91 Å². The molecule has 1 aliphatic heterocycles. The van der Waals surface area contributed by atoms with Crippen molar-refractivity contribution in [2.75, 3.05) is 29.9 Å². The second kappa shape index (κ2) is 15.3. The van der Waals surface area contributed by atoms with E-state index in [-0.39, 0.29) is 30.9 Å². The Labute approximate surface area is 251 Å². The molecule has 0 aromatic heterocycles. The predicted molar refractivity (Wildman–Crippen MR) is 165 cm³/mol. The van der Waals surface area contributed by atoms with Gasteiger partial charge in [-0.1, -0.05) is 54.6 Å². The molecule has 0 bridgehead atoms. The smallest absolute Gasteiger partial charge is 0.290 e. The highest BCUT2D eigenvalue weighted by Crippen LogP contribution is 2.31. The molecule has 0 unspecified atom stereocenters. The van der Waals surface area contributed by atoms with Crippen LogP contribution in [0.15, 0.2) is 72.8 Å². The average Bonchev–Trinajstić information content (AvgIpc) is 3.58. The molecule has 4 atom stereocenters. The maximum atomic E-state index is 13.6. The molecular formula is C33H40N4O6. The summed E-state index contributed by atoms with van der Waals surface area (Å²) in [7, 11) is 0. The third-order valence-corrected chi connectivity index (χ3v) is 7.78. The lowest BCUT2D eigenvalue weighted by Gasteiger charge is -2.27. The fourth-order valence-corrected chi connectivity index (χ4v) is 5.74. The molecule has 1 saturated heterocycles. The van der Waals surface area contributed by atoms with E-state index in [4.69, 9.17) is 9.90 Å². The molecule has 5 rings (SSSR count). The molecule has 10 heteroatoms. The highest BCUT2D eigenvalue weighted by atomic mass is 16.3. The summed E-state index contributed by atoms with van der Waals surface area (Å²) in [5, 5.41) is 38.5. The van der Waals surface area contributed by atoms with E-state index >= 15 is 0 Å². The highest BCUT2D eigenvalue weighted by Gasteiger charge is 2.32. The monoisotopic (exact) mass is 588 g/mol. The van der Waals surface area contributed by atoms with Crippen LogP contribution < -0.4 is 20.9 Å². The van der Waals surface area contributed by atoms with Crippen LogP contribution in [-0.2, 0) is 22.4 Å². The first kappa shape index (κ1) is 31.7. The maximum absolute atomic E-state index is 13.6. The minimum absolute atomic E-state index is 0.0548. The highest BCUT2D eigenvalue weighted by molar-refractivity contribution is 6.00. The number of amides is 2. The van der Waals surface area contributed by atoms with Crippen molar-refractivity contribution in [3.8, 4) is 0 Å². The fraction of sp³-hybridized carbons (Fsp3) is 0.364. The number of nitrogens with one attached hydrogen (secondary N) is 3. The van der Waals surface area contributed by atoms with Crippen LogP contribution in [0.1, 0.15) is 52.9 Å². The van der Waals surface area contributed by atoms with E-state index in [1.54, 1.807) is 17.0 Å². The van der Waals surface area contributed by atoms with Crippen molar-refractivity contribution >= 4 is 29.7 Å². The SMILES string of the molecule is CCNc1cc(C(=O)N[C@@H](Cc2ccccc2)[C@H](O)CN[C@H]2c3ccccc3C[C@H]2O)cc(N2CCCC2=O)c1.O=CO. The van der Waals surface area contributed by atoms with Gasteiger partial charge in [0.25, 0.3) is 12.4 Å². The average molecular weight is 589 g/mol. The summed E-state index contributed by atoms with van der Waals surface area (Å²) >= 11 is 0. The van der Waals surface area contributed by atoms with Gasteiger partial charge in [-0.3, -0.25) is 14.4 Å². The second-order valence-electron chi connectivity index (χ2n) is 10.7. The van der Waals surface area contributed by atoms with Crippen LogP contribution >= 0.6 is 0 Å². The zero-order chi connectivity index (χ0) is 30.8. The molecule has 1 fully saturated rings. The fourth-order valence-electron chi connectivity index (χ4n) is 5.74. The van der Waals surface area contributed by atoms with Crippen LogP contribution in [0.25, 0.3) is 0 Å². The summed E-state index contributed by atoms with van der Waals surface area (Å²) in [6.07, 6.45) is 0.810. The lowest BCUT2D eigenvalue weighted by atomic mass is 9.99. The van der Waals surface area contributed by atoms with Crippen molar-refractivity contribution in [2.24, 2.45) is 0 Å². The minimum atomic E-state index is -0.916. The largest absolute Gasteiger partial charge is 0.483 e. The topological polar surface area (TPSA) is 151 Å². The van der Waals surface area contributed by atoms with Gasteiger partial charge in [-0.25, -0.2) is 0 Å². The summed E-state index contributed by atoms with van der Waals surface area (Å²) in [4.78, 5) is 36.1. The Kier molecular flexibility index (Phi) is 11.3.